The van der Waals surface area contributed by atoms with E-state index in [0.29, 0.717) is 34.8 Å². The van der Waals surface area contributed by atoms with Crippen LogP contribution in [0.3, 0.4) is 0 Å². The van der Waals surface area contributed by atoms with Crippen LogP contribution in [0.1, 0.15) is 18.4 Å². The number of nitrogens with one attached hydrogen (secondary N) is 1. The topological polar surface area (TPSA) is 67.6 Å². The van der Waals surface area contributed by atoms with Crippen molar-refractivity contribution in [2.24, 2.45) is 11.7 Å². The lowest BCUT2D eigenvalue weighted by molar-refractivity contribution is -0.120. The number of hydrogen-bond donors (Lipinski definition) is 2. The third-order valence-electron chi connectivity index (χ3n) is 5.35. The number of halogens is 2. The zero-order valence-corrected chi connectivity index (χ0v) is 17.7. The number of nitrogens with two attached hydrogens (primary N) is 1. The lowest BCUT2D eigenvalue weighted by Crippen LogP contribution is -2.41. The van der Waals surface area contributed by atoms with Gasteiger partial charge in [-0.3, -0.25) is 9.69 Å². The predicted molar refractivity (Wildman–Crippen MR) is 117 cm³/mol. The predicted octanol–water partition coefficient (Wildman–Crippen LogP) is 3.77. The molecule has 1 heterocycles. The minimum absolute atomic E-state index is 0. The molecule has 1 unspecified atom stereocenters. The fraction of sp³-hybridized carbons (Fsp3) is 0.381. The van der Waals surface area contributed by atoms with Gasteiger partial charge in [-0.05, 0) is 43.1 Å². The van der Waals surface area contributed by atoms with E-state index in [2.05, 4.69) is 22.3 Å². The summed E-state index contributed by atoms with van der Waals surface area (Å²) in [7, 11) is 1.57. The Morgan fingerprint density at radius 1 is 1.29 bits per heavy atom. The van der Waals surface area contributed by atoms with Gasteiger partial charge in [0.2, 0.25) is 5.91 Å². The molecular weight excluding hydrogens is 397 g/mol. The van der Waals surface area contributed by atoms with Gasteiger partial charge < -0.3 is 15.8 Å². The van der Waals surface area contributed by atoms with Crippen molar-refractivity contribution < 1.29 is 9.53 Å². The molecule has 3 atom stereocenters. The summed E-state index contributed by atoms with van der Waals surface area (Å²) in [5.41, 5.74) is 7.88. The molecule has 1 saturated heterocycles. The molecule has 3 N–H and O–H groups in total. The fourth-order valence-electron chi connectivity index (χ4n) is 3.72. The van der Waals surface area contributed by atoms with Crippen molar-refractivity contribution in [3.8, 4) is 5.75 Å². The first-order chi connectivity index (χ1) is 13.0. The molecule has 3 rings (SSSR count). The normalized spacial score (nSPS) is 20.3. The van der Waals surface area contributed by atoms with Crippen molar-refractivity contribution in [3.63, 3.8) is 0 Å². The highest BCUT2D eigenvalue weighted by atomic mass is 35.5. The lowest BCUT2D eigenvalue weighted by Gasteiger charge is -2.24. The molecule has 2 aromatic carbocycles. The van der Waals surface area contributed by atoms with E-state index in [-0.39, 0.29) is 24.4 Å². The second-order valence-corrected chi connectivity index (χ2v) is 7.41. The second-order valence-electron chi connectivity index (χ2n) is 6.98. The highest BCUT2D eigenvalue weighted by molar-refractivity contribution is 6.31. The maximum atomic E-state index is 12.8. The number of hydrogen-bond acceptors (Lipinski definition) is 4. The Morgan fingerprint density at radius 2 is 2.00 bits per heavy atom. The summed E-state index contributed by atoms with van der Waals surface area (Å²) < 4.78 is 5.31. The van der Waals surface area contributed by atoms with Crippen LogP contribution in [0.15, 0.2) is 48.5 Å². The van der Waals surface area contributed by atoms with E-state index in [1.807, 2.05) is 25.1 Å². The molecule has 0 aromatic heterocycles. The lowest BCUT2D eigenvalue weighted by atomic mass is 9.89. The number of methoxy groups -OCH3 is 1. The average Bonchev–Trinajstić information content (AvgIpc) is 3.12. The van der Waals surface area contributed by atoms with E-state index < -0.39 is 0 Å². The number of likely N-dealkylation sites (tertiary alicyclic amines) is 1. The Morgan fingerprint density at radius 3 is 2.64 bits per heavy atom. The van der Waals surface area contributed by atoms with Gasteiger partial charge in [-0.15, -0.1) is 12.4 Å². The summed E-state index contributed by atoms with van der Waals surface area (Å²) in [5.74, 6) is 1.18. The molecule has 2 aromatic rings. The number of carbonyl (C=O) groups excluding carboxylic acids is 1. The van der Waals surface area contributed by atoms with Crippen molar-refractivity contribution in [2.45, 2.75) is 18.9 Å². The van der Waals surface area contributed by atoms with Crippen LogP contribution in [-0.2, 0) is 4.79 Å². The minimum atomic E-state index is -0.281. The summed E-state index contributed by atoms with van der Waals surface area (Å²) in [6.45, 7) is 4.14. The van der Waals surface area contributed by atoms with Gasteiger partial charge in [-0.2, -0.15) is 0 Å². The summed E-state index contributed by atoms with van der Waals surface area (Å²) in [6, 6.07) is 15.3. The number of carbonyl (C=O) groups is 1. The first kappa shape index (κ1) is 22.5. The molecule has 5 nitrogen and oxygen atoms in total. The molecule has 0 bridgehead atoms. The van der Waals surface area contributed by atoms with Gasteiger partial charge in [0.15, 0.2) is 0 Å². The van der Waals surface area contributed by atoms with Crippen molar-refractivity contribution in [3.05, 3.63) is 59.1 Å². The molecule has 0 saturated carbocycles. The number of amides is 1. The van der Waals surface area contributed by atoms with Crippen LogP contribution in [-0.4, -0.2) is 43.6 Å². The molecule has 1 aliphatic heterocycles. The first-order valence-corrected chi connectivity index (χ1v) is 9.54. The van der Waals surface area contributed by atoms with E-state index in [0.717, 1.165) is 13.1 Å². The molecule has 1 fully saturated rings. The number of benzene rings is 2. The molecule has 152 valence electrons. The molecule has 0 radical (unpaired) electrons. The van der Waals surface area contributed by atoms with Gasteiger partial charge in [-0.25, -0.2) is 0 Å². The van der Waals surface area contributed by atoms with Gasteiger partial charge >= 0.3 is 0 Å². The molecule has 1 aliphatic rings. The van der Waals surface area contributed by atoms with Crippen molar-refractivity contribution in [2.75, 3.05) is 32.1 Å². The third kappa shape index (κ3) is 4.97. The van der Waals surface area contributed by atoms with Crippen molar-refractivity contribution in [1.82, 2.24) is 4.90 Å². The number of ether oxygens (including phenoxy) is 1. The summed E-state index contributed by atoms with van der Waals surface area (Å²) in [4.78, 5) is 15.0. The van der Waals surface area contributed by atoms with Crippen LogP contribution in [0.4, 0.5) is 5.69 Å². The zero-order chi connectivity index (χ0) is 19.4. The Bertz CT molecular complexity index is 788. The fourth-order valence-corrected chi connectivity index (χ4v) is 3.89. The summed E-state index contributed by atoms with van der Waals surface area (Å²) >= 11 is 6.06. The maximum Gasteiger partial charge on any atom is 0.241 e. The number of nitrogens with zero attached hydrogens (tertiary/aromatic N) is 1. The highest BCUT2D eigenvalue weighted by Crippen LogP contribution is 2.34. The van der Waals surface area contributed by atoms with Crippen LogP contribution >= 0.6 is 24.0 Å². The Balaban J connectivity index is 0.00000280. The molecule has 1 amide bonds. The molecule has 0 spiro atoms. The zero-order valence-electron chi connectivity index (χ0n) is 16.1. The monoisotopic (exact) mass is 423 g/mol. The molecule has 28 heavy (non-hydrogen) atoms. The largest absolute Gasteiger partial charge is 0.495 e. The first-order valence-electron chi connectivity index (χ1n) is 9.17. The van der Waals surface area contributed by atoms with Crippen molar-refractivity contribution >= 4 is 35.6 Å². The van der Waals surface area contributed by atoms with Crippen LogP contribution in [0.25, 0.3) is 0 Å². The third-order valence-corrected chi connectivity index (χ3v) is 5.58. The SMILES string of the molecule is COc1ccc(Cl)cc1NC(=O)C(C)N1C[C@@H](CN)[C@H](c2ccccc2)C1.Cl. The van der Waals surface area contributed by atoms with Crippen LogP contribution in [0.2, 0.25) is 5.02 Å². The molecule has 7 heteroatoms. The van der Waals surface area contributed by atoms with Gasteiger partial charge in [0.25, 0.3) is 0 Å². The van der Waals surface area contributed by atoms with E-state index in [1.54, 1.807) is 25.3 Å². The molecule has 0 aliphatic carbocycles. The molecular formula is C21H27Cl2N3O2. The highest BCUT2D eigenvalue weighted by Gasteiger charge is 2.37. The smallest absolute Gasteiger partial charge is 0.241 e. The van der Waals surface area contributed by atoms with Crippen LogP contribution in [0, 0.1) is 5.92 Å². The number of rotatable bonds is 6. The van der Waals surface area contributed by atoms with E-state index in [1.165, 1.54) is 5.56 Å². The van der Waals surface area contributed by atoms with E-state index >= 15 is 0 Å². The quantitative estimate of drug-likeness (QED) is 0.741. The van der Waals surface area contributed by atoms with Gasteiger partial charge in [0, 0.05) is 24.0 Å². The van der Waals surface area contributed by atoms with Crippen molar-refractivity contribution in [1.29, 1.82) is 0 Å². The minimum Gasteiger partial charge on any atom is -0.495 e. The average molecular weight is 424 g/mol. The van der Waals surface area contributed by atoms with Crippen LogP contribution < -0.4 is 15.8 Å². The van der Waals surface area contributed by atoms with E-state index in [4.69, 9.17) is 22.1 Å². The van der Waals surface area contributed by atoms with Crippen LogP contribution in [0.5, 0.6) is 5.75 Å². The standard InChI is InChI=1S/C21H26ClN3O2.ClH/c1-14(21(26)24-19-10-17(22)8-9-20(19)27-2)25-12-16(11-23)18(13-25)15-6-4-3-5-7-15;/h3-10,14,16,18H,11-13,23H2,1-2H3,(H,24,26);1H/t14?,16-,18+;/m1./s1. The maximum absolute atomic E-state index is 12.8. The van der Waals surface area contributed by atoms with Gasteiger partial charge in [0.1, 0.15) is 5.75 Å². The number of anilines is 1. The van der Waals surface area contributed by atoms with E-state index in [9.17, 15) is 4.79 Å². The Hall–Kier alpha value is -1.79. The van der Waals surface area contributed by atoms with Gasteiger partial charge in [-0.1, -0.05) is 41.9 Å². The van der Waals surface area contributed by atoms with Gasteiger partial charge in [0.05, 0.1) is 18.8 Å². The summed E-state index contributed by atoms with van der Waals surface area (Å²) in [5, 5.41) is 3.49. The Labute approximate surface area is 177 Å². The summed E-state index contributed by atoms with van der Waals surface area (Å²) in [6.07, 6.45) is 0. The Kier molecular flexibility index (Phi) is 8.13. The second kappa shape index (κ2) is 10.1.